The fourth-order valence-corrected chi connectivity index (χ4v) is 2.78. The van der Waals surface area contributed by atoms with E-state index in [0.29, 0.717) is 24.1 Å². The lowest BCUT2D eigenvalue weighted by atomic mass is 9.97. The van der Waals surface area contributed by atoms with Crippen molar-refractivity contribution in [3.8, 4) is 0 Å². The van der Waals surface area contributed by atoms with Gasteiger partial charge in [0, 0.05) is 38.1 Å². The Morgan fingerprint density at radius 3 is 2.55 bits per heavy atom. The van der Waals surface area contributed by atoms with E-state index in [2.05, 4.69) is 15.6 Å². The summed E-state index contributed by atoms with van der Waals surface area (Å²) in [4.78, 5) is 27.4. The molecule has 10 heteroatoms. The smallest absolute Gasteiger partial charge is 0.374 e. The van der Waals surface area contributed by atoms with Crippen LogP contribution in [0.3, 0.4) is 0 Å². The molecule has 0 bridgehead atoms. The summed E-state index contributed by atoms with van der Waals surface area (Å²) in [6, 6.07) is 6.60. The van der Waals surface area contributed by atoms with E-state index in [-0.39, 0.29) is 12.5 Å². The van der Waals surface area contributed by atoms with Crippen molar-refractivity contribution < 1.29 is 27.9 Å². The van der Waals surface area contributed by atoms with Gasteiger partial charge in [-0.25, -0.2) is 4.98 Å². The highest BCUT2D eigenvalue weighted by Crippen LogP contribution is 2.40. The van der Waals surface area contributed by atoms with Gasteiger partial charge in [0.05, 0.1) is 6.42 Å². The van der Waals surface area contributed by atoms with Crippen LogP contribution in [0.2, 0.25) is 0 Å². The Labute approximate surface area is 165 Å². The second kappa shape index (κ2) is 9.08. The molecule has 0 aliphatic rings. The lowest BCUT2D eigenvalue weighted by molar-refractivity contribution is -0.271. The zero-order valence-electron chi connectivity index (χ0n) is 16.1. The molecule has 1 aromatic carbocycles. The molecule has 0 radical (unpaired) electrons. The van der Waals surface area contributed by atoms with Crippen LogP contribution in [0.5, 0.6) is 0 Å². The number of aromatic nitrogens is 2. The first-order chi connectivity index (χ1) is 13.6. The predicted molar refractivity (Wildman–Crippen MR) is 99.6 cm³/mol. The first-order valence-electron chi connectivity index (χ1n) is 8.99. The van der Waals surface area contributed by atoms with Crippen LogP contribution in [0.25, 0.3) is 0 Å². The van der Waals surface area contributed by atoms with Gasteiger partial charge < -0.3 is 20.3 Å². The number of nitrogens with one attached hydrogen (secondary N) is 2. The molecule has 2 aromatic rings. The molecule has 7 nitrogen and oxygen atoms in total. The number of halogens is 3. The average Bonchev–Trinajstić information content (AvgIpc) is 3.06. The molecule has 1 atom stereocenters. The largest absolute Gasteiger partial charge is 0.425 e. The average molecular weight is 412 g/mol. The molecule has 1 heterocycles. The van der Waals surface area contributed by atoms with Crippen LogP contribution in [-0.2, 0) is 28.8 Å². The van der Waals surface area contributed by atoms with Gasteiger partial charge in [0.2, 0.25) is 17.4 Å². The Morgan fingerprint density at radius 2 is 1.97 bits per heavy atom. The molecule has 2 rings (SSSR count). The number of aliphatic hydroxyl groups is 1. The summed E-state index contributed by atoms with van der Waals surface area (Å²) in [5, 5.41) is 15.3. The highest BCUT2D eigenvalue weighted by molar-refractivity contribution is 5.90. The Balaban J connectivity index is 2.05. The molecule has 29 heavy (non-hydrogen) atoms. The van der Waals surface area contributed by atoms with Gasteiger partial charge in [0.1, 0.15) is 0 Å². The van der Waals surface area contributed by atoms with E-state index in [1.807, 2.05) is 6.92 Å². The van der Waals surface area contributed by atoms with Crippen LogP contribution in [0.1, 0.15) is 37.6 Å². The molecule has 3 N–H and O–H groups in total. The van der Waals surface area contributed by atoms with Crippen LogP contribution in [0.4, 0.5) is 18.9 Å². The number of benzene rings is 1. The summed E-state index contributed by atoms with van der Waals surface area (Å²) in [6.45, 7) is 1.81. The highest BCUT2D eigenvalue weighted by atomic mass is 19.4. The van der Waals surface area contributed by atoms with Crippen molar-refractivity contribution in [1.82, 2.24) is 14.9 Å². The van der Waals surface area contributed by atoms with Crippen molar-refractivity contribution in [1.29, 1.82) is 0 Å². The number of anilines is 1. The molecule has 0 aliphatic heterocycles. The summed E-state index contributed by atoms with van der Waals surface area (Å²) in [7, 11) is 1.30. The first kappa shape index (κ1) is 22.4. The van der Waals surface area contributed by atoms with Gasteiger partial charge in [-0.3, -0.25) is 9.59 Å². The molecule has 1 aromatic heterocycles. The molecule has 2 amide bonds. The number of amides is 2. The van der Waals surface area contributed by atoms with E-state index in [4.69, 9.17) is 0 Å². The molecular formula is C19H23F3N4O3. The summed E-state index contributed by atoms with van der Waals surface area (Å²) in [6.07, 6.45) is -2.89. The van der Waals surface area contributed by atoms with Crippen LogP contribution >= 0.6 is 0 Å². The van der Waals surface area contributed by atoms with Crippen LogP contribution in [-0.4, -0.2) is 32.6 Å². The number of rotatable bonds is 8. The van der Waals surface area contributed by atoms with Crippen molar-refractivity contribution >= 4 is 17.5 Å². The van der Waals surface area contributed by atoms with E-state index in [1.165, 1.54) is 13.2 Å². The third kappa shape index (κ3) is 5.57. The number of alkyl halides is 3. The number of hydrogen-bond acceptors (Lipinski definition) is 4. The maximum absolute atomic E-state index is 13.5. The van der Waals surface area contributed by atoms with E-state index < -0.39 is 29.9 Å². The van der Waals surface area contributed by atoms with Crippen molar-refractivity contribution in [2.75, 3.05) is 5.32 Å². The number of carbonyl (C=O) groups is 2. The maximum Gasteiger partial charge on any atom is 0.425 e. The third-order valence-corrected chi connectivity index (χ3v) is 4.25. The summed E-state index contributed by atoms with van der Waals surface area (Å²) in [5.41, 5.74) is -2.30. The van der Waals surface area contributed by atoms with Crippen molar-refractivity contribution in [2.45, 2.75) is 44.5 Å². The van der Waals surface area contributed by atoms with Gasteiger partial charge in [-0.05, 0) is 24.1 Å². The minimum absolute atomic E-state index is 0.0647. The van der Waals surface area contributed by atoms with Gasteiger partial charge in [-0.1, -0.05) is 19.1 Å². The fourth-order valence-electron chi connectivity index (χ4n) is 2.78. The summed E-state index contributed by atoms with van der Waals surface area (Å²) >= 11 is 0. The van der Waals surface area contributed by atoms with E-state index in [0.717, 1.165) is 10.8 Å². The van der Waals surface area contributed by atoms with Crippen molar-refractivity contribution in [3.05, 3.63) is 48.0 Å². The summed E-state index contributed by atoms with van der Waals surface area (Å²) in [5.74, 6) is -1.81. The monoisotopic (exact) mass is 412 g/mol. The van der Waals surface area contributed by atoms with Gasteiger partial charge >= 0.3 is 6.18 Å². The second-order valence-corrected chi connectivity index (χ2v) is 6.67. The zero-order valence-corrected chi connectivity index (χ0v) is 16.1. The molecule has 0 saturated heterocycles. The number of carbonyl (C=O) groups excluding carboxylic acids is 2. The normalized spacial score (nSPS) is 13.6. The van der Waals surface area contributed by atoms with Gasteiger partial charge in [-0.15, -0.1) is 0 Å². The lowest BCUT2D eigenvalue weighted by Gasteiger charge is -2.29. The van der Waals surface area contributed by atoms with E-state index >= 15 is 0 Å². The molecule has 0 aliphatic carbocycles. The zero-order chi connectivity index (χ0) is 21.7. The minimum atomic E-state index is -5.09. The van der Waals surface area contributed by atoms with Crippen LogP contribution in [0.15, 0.2) is 36.7 Å². The van der Waals surface area contributed by atoms with E-state index in [1.54, 1.807) is 24.3 Å². The van der Waals surface area contributed by atoms with Crippen LogP contribution in [0, 0.1) is 0 Å². The second-order valence-electron chi connectivity index (χ2n) is 6.67. The quantitative estimate of drug-likeness (QED) is 0.621. The van der Waals surface area contributed by atoms with Crippen LogP contribution < -0.4 is 10.6 Å². The number of hydrogen-bond donors (Lipinski definition) is 3. The SMILES string of the molecule is CCCC(=O)Nc1cccc(CNC(=O)CC(O)(c2nccn2C)C(F)(F)F)c1. The lowest BCUT2D eigenvalue weighted by Crippen LogP contribution is -2.47. The Morgan fingerprint density at radius 1 is 1.24 bits per heavy atom. The maximum atomic E-state index is 13.5. The number of nitrogens with zero attached hydrogens (tertiary/aromatic N) is 2. The predicted octanol–water partition coefficient (Wildman–Crippen LogP) is 2.62. The first-order valence-corrected chi connectivity index (χ1v) is 8.99. The molecular weight excluding hydrogens is 389 g/mol. The van der Waals surface area contributed by atoms with Crippen molar-refractivity contribution in [3.63, 3.8) is 0 Å². The third-order valence-electron chi connectivity index (χ3n) is 4.25. The van der Waals surface area contributed by atoms with Gasteiger partial charge in [0.25, 0.3) is 0 Å². The Bertz CT molecular complexity index is 866. The summed E-state index contributed by atoms with van der Waals surface area (Å²) < 4.78 is 41.5. The van der Waals surface area contributed by atoms with Gasteiger partial charge in [0.15, 0.2) is 5.82 Å². The molecule has 0 saturated carbocycles. The Kier molecular flexibility index (Phi) is 7.02. The fraction of sp³-hybridized carbons (Fsp3) is 0.421. The molecule has 1 unspecified atom stereocenters. The Hall–Kier alpha value is -2.88. The highest BCUT2D eigenvalue weighted by Gasteiger charge is 2.58. The minimum Gasteiger partial charge on any atom is -0.374 e. The number of aryl methyl sites for hydroxylation is 1. The molecule has 158 valence electrons. The van der Waals surface area contributed by atoms with Gasteiger partial charge in [-0.2, -0.15) is 13.2 Å². The molecule has 0 fully saturated rings. The molecule has 0 spiro atoms. The van der Waals surface area contributed by atoms with E-state index in [9.17, 15) is 27.9 Å². The standard InChI is InChI=1S/C19H23F3N4O3/c1-3-5-15(27)25-14-7-4-6-13(10-14)12-24-16(28)11-18(29,19(20,21)22)17-23-8-9-26(17)2/h4,6-10,29H,3,5,11-12H2,1-2H3,(H,24,28)(H,25,27). The number of imidazole rings is 1. The topological polar surface area (TPSA) is 96.2 Å². The van der Waals surface area contributed by atoms with Crippen molar-refractivity contribution in [2.24, 2.45) is 7.05 Å².